The minimum absolute atomic E-state index is 0.114. The number of primary amides is 1. The number of thioether (sulfide) groups is 1. The molecule has 2 atom stereocenters. The van der Waals surface area contributed by atoms with Crippen LogP contribution in [0.2, 0.25) is 0 Å². The molecule has 0 bridgehead atoms. The van der Waals surface area contributed by atoms with Crippen molar-refractivity contribution in [3.8, 4) is 5.75 Å². The molecule has 3 rings (SSSR count). The molecule has 9 heteroatoms. The number of rotatable bonds is 6. The fourth-order valence-electron chi connectivity index (χ4n) is 3.09. The normalized spacial score (nSPS) is 21.3. The number of carbonyl (C=O) groups is 3. The molecule has 2 aliphatic rings. The summed E-state index contributed by atoms with van der Waals surface area (Å²) in [6.45, 7) is 5.26. The molecule has 148 valence electrons. The maximum Gasteiger partial charge on any atom is 0.338 e. The number of nitrogens with two attached hydrogens (primary N) is 1. The third-order valence-electron chi connectivity index (χ3n) is 4.33. The van der Waals surface area contributed by atoms with E-state index in [2.05, 4.69) is 4.99 Å². The third kappa shape index (κ3) is 3.75. The van der Waals surface area contributed by atoms with Gasteiger partial charge >= 0.3 is 5.97 Å². The Balaban J connectivity index is 2.00. The van der Waals surface area contributed by atoms with Crippen molar-refractivity contribution in [3.05, 3.63) is 41.1 Å². The summed E-state index contributed by atoms with van der Waals surface area (Å²) < 4.78 is 10.5. The minimum Gasteiger partial charge on any atom is -0.484 e. The van der Waals surface area contributed by atoms with E-state index in [4.69, 9.17) is 15.2 Å². The van der Waals surface area contributed by atoms with Gasteiger partial charge in [0.2, 0.25) is 5.91 Å². The zero-order chi connectivity index (χ0) is 20.4. The number of amidine groups is 1. The van der Waals surface area contributed by atoms with E-state index < -0.39 is 17.9 Å². The average Bonchev–Trinajstić information content (AvgIpc) is 2.93. The lowest BCUT2D eigenvalue weighted by molar-refractivity contribution is -0.139. The van der Waals surface area contributed by atoms with Crippen molar-refractivity contribution >= 4 is 34.7 Å². The molecule has 1 fully saturated rings. The highest BCUT2D eigenvalue weighted by Crippen LogP contribution is 2.43. The first-order valence-electron chi connectivity index (χ1n) is 8.80. The van der Waals surface area contributed by atoms with Gasteiger partial charge in [0, 0.05) is 0 Å². The van der Waals surface area contributed by atoms with Gasteiger partial charge in [0.1, 0.15) is 5.75 Å². The maximum absolute atomic E-state index is 12.8. The van der Waals surface area contributed by atoms with Crippen LogP contribution >= 0.6 is 11.8 Å². The number of aliphatic imine (C=N–C) groups is 1. The second-order valence-electron chi connectivity index (χ2n) is 6.31. The van der Waals surface area contributed by atoms with E-state index >= 15 is 0 Å². The second-order valence-corrected chi connectivity index (χ2v) is 7.62. The minimum atomic E-state index is -0.637. The Labute approximate surface area is 166 Å². The Kier molecular flexibility index (Phi) is 5.73. The number of esters is 1. The SMILES string of the molecule is CCOC(=O)C1=C(C)N=C2SC(C)C(=O)N2C1c1ccc(OCC(N)=O)cc1. The molecule has 0 radical (unpaired) electrons. The fourth-order valence-corrected chi connectivity index (χ4v) is 4.12. The Morgan fingerprint density at radius 2 is 1.96 bits per heavy atom. The first kappa shape index (κ1) is 19.9. The lowest BCUT2D eigenvalue weighted by Gasteiger charge is -2.33. The van der Waals surface area contributed by atoms with Crippen molar-refractivity contribution in [2.75, 3.05) is 13.2 Å². The van der Waals surface area contributed by atoms with Crippen LogP contribution in [0.3, 0.4) is 0 Å². The molecule has 1 aromatic rings. The van der Waals surface area contributed by atoms with Crippen molar-refractivity contribution in [1.29, 1.82) is 0 Å². The summed E-state index contributed by atoms with van der Waals surface area (Å²) in [6.07, 6.45) is 0. The van der Waals surface area contributed by atoms with Gasteiger partial charge in [-0.15, -0.1) is 0 Å². The van der Waals surface area contributed by atoms with Crippen molar-refractivity contribution in [2.45, 2.75) is 32.1 Å². The summed E-state index contributed by atoms with van der Waals surface area (Å²) >= 11 is 1.37. The van der Waals surface area contributed by atoms with E-state index in [0.29, 0.717) is 27.8 Å². The van der Waals surface area contributed by atoms with Crippen LogP contribution in [0.4, 0.5) is 0 Å². The molecule has 0 aliphatic carbocycles. The Bertz CT molecular complexity index is 878. The Morgan fingerprint density at radius 3 is 2.57 bits per heavy atom. The summed E-state index contributed by atoms with van der Waals surface area (Å²) in [7, 11) is 0. The van der Waals surface area contributed by atoms with Crippen LogP contribution < -0.4 is 10.5 Å². The van der Waals surface area contributed by atoms with Crippen molar-refractivity contribution < 1.29 is 23.9 Å². The number of allylic oxidation sites excluding steroid dienone is 1. The Hall–Kier alpha value is -2.81. The standard InChI is InChI=1S/C19H21N3O5S/c1-4-26-18(25)15-10(2)21-19-22(17(24)11(3)28-19)16(15)12-5-7-13(8-6-12)27-9-14(20)23/h5-8,11,16H,4,9H2,1-3H3,(H2,20,23). The zero-order valence-electron chi connectivity index (χ0n) is 15.8. The van der Waals surface area contributed by atoms with Crippen LogP contribution in [-0.4, -0.2) is 46.3 Å². The van der Waals surface area contributed by atoms with Crippen LogP contribution in [-0.2, 0) is 19.1 Å². The zero-order valence-corrected chi connectivity index (χ0v) is 16.6. The summed E-state index contributed by atoms with van der Waals surface area (Å²) in [5.41, 5.74) is 6.66. The molecule has 28 heavy (non-hydrogen) atoms. The molecule has 2 amide bonds. The van der Waals surface area contributed by atoms with Crippen LogP contribution in [0, 0.1) is 0 Å². The van der Waals surface area contributed by atoms with Gasteiger partial charge in [-0.25, -0.2) is 9.79 Å². The molecule has 2 aliphatic heterocycles. The molecular formula is C19H21N3O5S. The smallest absolute Gasteiger partial charge is 0.338 e. The molecule has 0 saturated carbocycles. The molecule has 1 saturated heterocycles. The Morgan fingerprint density at radius 1 is 1.29 bits per heavy atom. The first-order valence-corrected chi connectivity index (χ1v) is 9.68. The average molecular weight is 403 g/mol. The predicted molar refractivity (Wildman–Crippen MR) is 105 cm³/mol. The van der Waals surface area contributed by atoms with E-state index in [1.807, 2.05) is 6.92 Å². The van der Waals surface area contributed by atoms with E-state index in [0.717, 1.165) is 0 Å². The molecule has 2 N–H and O–H groups in total. The van der Waals surface area contributed by atoms with Crippen LogP contribution in [0.5, 0.6) is 5.75 Å². The molecular weight excluding hydrogens is 382 g/mol. The lowest BCUT2D eigenvalue weighted by Crippen LogP contribution is -2.40. The summed E-state index contributed by atoms with van der Waals surface area (Å²) in [5, 5.41) is 0.288. The molecule has 2 unspecified atom stereocenters. The predicted octanol–water partition coefficient (Wildman–Crippen LogP) is 1.76. The van der Waals surface area contributed by atoms with Crippen molar-refractivity contribution in [2.24, 2.45) is 10.7 Å². The van der Waals surface area contributed by atoms with E-state index in [9.17, 15) is 14.4 Å². The van der Waals surface area contributed by atoms with Gasteiger partial charge in [-0.3, -0.25) is 14.5 Å². The quantitative estimate of drug-likeness (QED) is 0.725. The van der Waals surface area contributed by atoms with Crippen LogP contribution in [0.15, 0.2) is 40.5 Å². The molecule has 8 nitrogen and oxygen atoms in total. The fraction of sp³-hybridized carbons (Fsp3) is 0.368. The lowest BCUT2D eigenvalue weighted by atomic mass is 9.94. The van der Waals surface area contributed by atoms with Crippen molar-refractivity contribution in [3.63, 3.8) is 0 Å². The highest BCUT2D eigenvalue weighted by Gasteiger charge is 2.46. The van der Waals surface area contributed by atoms with Gasteiger partial charge in [0.25, 0.3) is 5.91 Å². The number of amides is 2. The monoisotopic (exact) mass is 403 g/mol. The van der Waals surface area contributed by atoms with Gasteiger partial charge in [-0.2, -0.15) is 0 Å². The van der Waals surface area contributed by atoms with Gasteiger partial charge in [-0.1, -0.05) is 23.9 Å². The van der Waals surface area contributed by atoms with Gasteiger partial charge in [-0.05, 0) is 38.5 Å². The van der Waals surface area contributed by atoms with Crippen molar-refractivity contribution in [1.82, 2.24) is 4.90 Å². The van der Waals surface area contributed by atoms with Gasteiger partial charge in [0.15, 0.2) is 11.8 Å². The molecule has 2 heterocycles. The topological polar surface area (TPSA) is 111 Å². The van der Waals surface area contributed by atoms with Crippen LogP contribution in [0.1, 0.15) is 32.4 Å². The highest BCUT2D eigenvalue weighted by molar-refractivity contribution is 8.15. The second kappa shape index (κ2) is 8.05. The van der Waals surface area contributed by atoms with E-state index in [-0.39, 0.29) is 24.4 Å². The number of hydrogen-bond donors (Lipinski definition) is 1. The van der Waals surface area contributed by atoms with Crippen LogP contribution in [0.25, 0.3) is 0 Å². The summed E-state index contributed by atoms with van der Waals surface area (Å²) in [4.78, 5) is 42.3. The number of fused-ring (bicyclic) bond motifs is 1. The van der Waals surface area contributed by atoms with Gasteiger partial charge < -0.3 is 15.2 Å². The summed E-state index contributed by atoms with van der Waals surface area (Å²) in [6, 6.07) is 6.19. The molecule has 0 aromatic heterocycles. The summed E-state index contributed by atoms with van der Waals surface area (Å²) in [5.74, 6) is -0.730. The molecule has 0 spiro atoms. The maximum atomic E-state index is 12.8. The number of hydrogen-bond acceptors (Lipinski definition) is 7. The largest absolute Gasteiger partial charge is 0.484 e. The third-order valence-corrected chi connectivity index (χ3v) is 5.38. The number of nitrogens with zero attached hydrogens (tertiary/aromatic N) is 2. The number of carbonyl (C=O) groups excluding carboxylic acids is 3. The molecule has 1 aromatic carbocycles. The number of ether oxygens (including phenoxy) is 2. The van der Waals surface area contributed by atoms with E-state index in [1.54, 1.807) is 43.0 Å². The van der Waals surface area contributed by atoms with Gasteiger partial charge in [0.05, 0.1) is 29.2 Å². The van der Waals surface area contributed by atoms with E-state index in [1.165, 1.54) is 11.8 Å². The number of benzene rings is 1. The first-order chi connectivity index (χ1) is 13.3. The highest BCUT2D eigenvalue weighted by atomic mass is 32.2.